The summed E-state index contributed by atoms with van der Waals surface area (Å²) in [7, 11) is -3.55. The number of hydrogen-bond donors (Lipinski definition) is 2. The highest BCUT2D eigenvalue weighted by molar-refractivity contribution is 7.92. The Balaban J connectivity index is 0.00000312. The van der Waals surface area contributed by atoms with Crippen molar-refractivity contribution >= 4 is 28.2 Å². The van der Waals surface area contributed by atoms with Crippen LogP contribution in [-0.4, -0.2) is 51.1 Å². The summed E-state index contributed by atoms with van der Waals surface area (Å²) in [4.78, 5) is 12.6. The van der Waals surface area contributed by atoms with E-state index in [0.29, 0.717) is 18.8 Å². The average molecular weight is 395 g/mol. The molecule has 1 saturated heterocycles. The van der Waals surface area contributed by atoms with E-state index in [2.05, 4.69) is 10.6 Å². The van der Waals surface area contributed by atoms with Gasteiger partial charge in [0.05, 0.1) is 6.04 Å². The summed E-state index contributed by atoms with van der Waals surface area (Å²) in [5.74, 6) is -0.549. The van der Waals surface area contributed by atoms with Gasteiger partial charge in [0, 0.05) is 12.3 Å². The molecular formula is C16H24ClFN2O4S. The number of carbonyl (C=O) groups excluding carboxylic acids is 1. The first-order valence-corrected chi connectivity index (χ1v) is 9.73. The molecule has 1 aromatic rings. The van der Waals surface area contributed by atoms with Crippen molar-refractivity contribution in [2.24, 2.45) is 0 Å². The maximum atomic E-state index is 13.1. The molecule has 1 aromatic carbocycles. The summed E-state index contributed by atoms with van der Waals surface area (Å²) in [5.41, 5.74) is 0. The second kappa shape index (κ2) is 8.82. The lowest BCUT2D eigenvalue weighted by Crippen LogP contribution is -2.59. The highest BCUT2D eigenvalue weighted by atomic mass is 35.5. The van der Waals surface area contributed by atoms with Gasteiger partial charge in [-0.05, 0) is 45.0 Å². The zero-order chi connectivity index (χ0) is 17.8. The molecule has 0 aromatic heterocycles. The molecule has 1 unspecified atom stereocenters. The van der Waals surface area contributed by atoms with Crippen molar-refractivity contribution in [1.82, 2.24) is 10.6 Å². The molecule has 1 atom stereocenters. The molecule has 1 heterocycles. The standard InChI is InChI=1S/C16H23FN2O4S.ClH/c1-12(11-23-14-5-3-4-13(17)10-14)19-15(20)16(24(2,21)22)6-8-18-9-7-16;/h3-5,10,12,18H,6-9,11H2,1-2H3,(H,19,20);1H. The number of halogens is 2. The number of carbonyl (C=O) groups is 1. The molecule has 0 radical (unpaired) electrons. The normalized spacial score (nSPS) is 17.9. The van der Waals surface area contributed by atoms with Crippen LogP contribution in [0.2, 0.25) is 0 Å². The Hall–Kier alpha value is -1.38. The van der Waals surface area contributed by atoms with Crippen LogP contribution < -0.4 is 15.4 Å². The van der Waals surface area contributed by atoms with Crippen LogP contribution in [0.25, 0.3) is 0 Å². The largest absolute Gasteiger partial charge is 0.491 e. The van der Waals surface area contributed by atoms with Gasteiger partial charge in [0.2, 0.25) is 5.91 Å². The molecule has 0 spiro atoms. The minimum absolute atomic E-state index is 0. The third-order valence-corrected chi connectivity index (χ3v) is 6.22. The van der Waals surface area contributed by atoms with Crippen molar-refractivity contribution in [2.45, 2.75) is 30.6 Å². The molecule has 0 aliphatic carbocycles. The molecular weight excluding hydrogens is 371 g/mol. The molecule has 6 nitrogen and oxygen atoms in total. The number of amides is 1. The van der Waals surface area contributed by atoms with Crippen LogP contribution in [-0.2, 0) is 14.6 Å². The second-order valence-corrected chi connectivity index (χ2v) is 8.49. The van der Waals surface area contributed by atoms with Gasteiger partial charge in [-0.25, -0.2) is 12.8 Å². The van der Waals surface area contributed by atoms with Crippen LogP contribution >= 0.6 is 12.4 Å². The van der Waals surface area contributed by atoms with Crippen LogP contribution in [0.4, 0.5) is 4.39 Å². The van der Waals surface area contributed by atoms with Crippen molar-refractivity contribution in [3.05, 3.63) is 30.1 Å². The third-order valence-electron chi connectivity index (χ3n) is 4.21. The van der Waals surface area contributed by atoms with Crippen molar-refractivity contribution in [1.29, 1.82) is 0 Å². The van der Waals surface area contributed by atoms with Crippen LogP contribution in [0.1, 0.15) is 19.8 Å². The quantitative estimate of drug-likeness (QED) is 0.759. The maximum Gasteiger partial charge on any atom is 0.241 e. The number of piperidine rings is 1. The molecule has 1 fully saturated rings. The van der Waals surface area contributed by atoms with Gasteiger partial charge in [-0.15, -0.1) is 12.4 Å². The molecule has 9 heteroatoms. The number of rotatable bonds is 6. The molecule has 0 saturated carbocycles. The molecule has 1 amide bonds. The van der Waals surface area contributed by atoms with Gasteiger partial charge in [-0.1, -0.05) is 6.07 Å². The smallest absolute Gasteiger partial charge is 0.241 e. The highest BCUT2D eigenvalue weighted by Gasteiger charge is 2.48. The van der Waals surface area contributed by atoms with E-state index in [9.17, 15) is 17.6 Å². The maximum absolute atomic E-state index is 13.1. The third kappa shape index (κ3) is 5.29. The first kappa shape index (κ1) is 21.7. The van der Waals surface area contributed by atoms with E-state index in [1.165, 1.54) is 18.2 Å². The molecule has 2 N–H and O–H groups in total. The Morgan fingerprint density at radius 3 is 2.60 bits per heavy atom. The van der Waals surface area contributed by atoms with E-state index in [1.54, 1.807) is 13.0 Å². The fraction of sp³-hybridized carbons (Fsp3) is 0.562. The van der Waals surface area contributed by atoms with Crippen LogP contribution in [0, 0.1) is 5.82 Å². The summed E-state index contributed by atoms with van der Waals surface area (Å²) in [6, 6.07) is 5.29. The fourth-order valence-corrected chi connectivity index (χ4v) is 4.11. The van der Waals surface area contributed by atoms with Gasteiger partial charge in [0.25, 0.3) is 0 Å². The Morgan fingerprint density at radius 1 is 1.40 bits per heavy atom. The monoisotopic (exact) mass is 394 g/mol. The van der Waals surface area contributed by atoms with Gasteiger partial charge in [-0.3, -0.25) is 4.79 Å². The van der Waals surface area contributed by atoms with Crippen LogP contribution in [0.5, 0.6) is 5.75 Å². The summed E-state index contributed by atoms with van der Waals surface area (Å²) >= 11 is 0. The van der Waals surface area contributed by atoms with E-state index >= 15 is 0 Å². The summed E-state index contributed by atoms with van der Waals surface area (Å²) in [5, 5.41) is 5.78. The number of hydrogen-bond acceptors (Lipinski definition) is 5. The summed E-state index contributed by atoms with van der Waals surface area (Å²) < 4.78 is 41.5. The van der Waals surface area contributed by atoms with Gasteiger partial charge in [-0.2, -0.15) is 0 Å². The van der Waals surface area contributed by atoms with Crippen LogP contribution in [0.3, 0.4) is 0 Å². The topological polar surface area (TPSA) is 84.5 Å². The average Bonchev–Trinajstić information content (AvgIpc) is 2.52. The zero-order valence-corrected chi connectivity index (χ0v) is 15.9. The lowest BCUT2D eigenvalue weighted by molar-refractivity contribution is -0.125. The van der Waals surface area contributed by atoms with Crippen molar-refractivity contribution < 1.29 is 22.3 Å². The lowest BCUT2D eigenvalue weighted by atomic mass is 9.95. The predicted octanol–water partition coefficient (Wildman–Crippen LogP) is 1.30. The van der Waals surface area contributed by atoms with E-state index in [-0.39, 0.29) is 31.9 Å². The first-order chi connectivity index (χ1) is 11.2. The van der Waals surface area contributed by atoms with Crippen LogP contribution in [0.15, 0.2) is 24.3 Å². The molecule has 1 aliphatic rings. The van der Waals surface area contributed by atoms with E-state index < -0.39 is 32.4 Å². The number of sulfone groups is 1. The Morgan fingerprint density at radius 2 is 2.04 bits per heavy atom. The number of nitrogens with one attached hydrogen (secondary N) is 2. The predicted molar refractivity (Wildman–Crippen MR) is 96.4 cm³/mol. The van der Waals surface area contributed by atoms with E-state index in [4.69, 9.17) is 4.74 Å². The Kier molecular flexibility index (Phi) is 7.64. The lowest BCUT2D eigenvalue weighted by Gasteiger charge is -2.35. The minimum atomic E-state index is -3.55. The van der Waals surface area contributed by atoms with Gasteiger partial charge in [0.15, 0.2) is 14.6 Å². The molecule has 2 rings (SSSR count). The summed E-state index contributed by atoms with van der Waals surface area (Å²) in [6.07, 6.45) is 1.59. The Labute approximate surface area is 153 Å². The van der Waals surface area contributed by atoms with Gasteiger partial charge in [0.1, 0.15) is 18.2 Å². The number of benzene rings is 1. The van der Waals surface area contributed by atoms with E-state index in [0.717, 1.165) is 6.26 Å². The molecule has 25 heavy (non-hydrogen) atoms. The summed E-state index contributed by atoms with van der Waals surface area (Å²) in [6.45, 7) is 2.80. The highest BCUT2D eigenvalue weighted by Crippen LogP contribution is 2.28. The molecule has 0 bridgehead atoms. The SMILES string of the molecule is CC(COc1cccc(F)c1)NC(=O)C1(S(C)(=O)=O)CCNCC1.Cl. The molecule has 1 aliphatic heterocycles. The van der Waals surface area contributed by atoms with E-state index in [1.807, 2.05) is 0 Å². The fourth-order valence-electron chi connectivity index (χ4n) is 2.77. The van der Waals surface area contributed by atoms with Gasteiger partial charge >= 0.3 is 0 Å². The van der Waals surface area contributed by atoms with Crippen molar-refractivity contribution in [3.63, 3.8) is 0 Å². The van der Waals surface area contributed by atoms with Gasteiger partial charge < -0.3 is 15.4 Å². The second-order valence-electron chi connectivity index (χ2n) is 6.16. The Bertz CT molecular complexity index is 693. The zero-order valence-electron chi connectivity index (χ0n) is 14.2. The number of ether oxygens (including phenoxy) is 1. The molecule has 142 valence electrons. The minimum Gasteiger partial charge on any atom is -0.491 e. The van der Waals surface area contributed by atoms with Crippen molar-refractivity contribution in [2.75, 3.05) is 26.0 Å². The van der Waals surface area contributed by atoms with Crippen molar-refractivity contribution in [3.8, 4) is 5.75 Å². The first-order valence-electron chi connectivity index (χ1n) is 7.84.